The van der Waals surface area contributed by atoms with Gasteiger partial charge >= 0.3 is 0 Å². The number of ether oxygens (including phenoxy) is 1. The van der Waals surface area contributed by atoms with Crippen LogP contribution in [0.3, 0.4) is 0 Å². The number of aryl methyl sites for hydroxylation is 2. The van der Waals surface area contributed by atoms with E-state index in [0.29, 0.717) is 6.54 Å². The van der Waals surface area contributed by atoms with Gasteiger partial charge in [0.1, 0.15) is 11.6 Å². The molecule has 0 unspecified atom stereocenters. The largest absolute Gasteiger partial charge is 0.367 e. The van der Waals surface area contributed by atoms with Gasteiger partial charge in [-0.2, -0.15) is 5.10 Å². The lowest BCUT2D eigenvalue weighted by Crippen LogP contribution is -2.43. The molecule has 1 fully saturated rings. The molecule has 24 heavy (non-hydrogen) atoms. The lowest BCUT2D eigenvalue weighted by Gasteiger charge is -2.35. The number of rotatable bonds is 4. The summed E-state index contributed by atoms with van der Waals surface area (Å²) < 4.78 is 7.45. The summed E-state index contributed by atoms with van der Waals surface area (Å²) >= 11 is 0. The Morgan fingerprint density at radius 3 is 2.67 bits per heavy atom. The molecule has 0 radical (unpaired) electrons. The molecule has 1 aromatic carbocycles. The fourth-order valence-corrected chi connectivity index (χ4v) is 3.41. The average Bonchev–Trinajstić information content (AvgIpc) is 2.95. The Hall–Kier alpha value is -2.21. The van der Waals surface area contributed by atoms with Crippen molar-refractivity contribution in [3.8, 4) is 0 Å². The van der Waals surface area contributed by atoms with E-state index in [0.717, 1.165) is 36.6 Å². The standard InChI is InChI=1S/C18H24N4O2/c1-13-19-14(2)22(20-13)16-10-7-11-21(12-16)18(23)17(24-3)15-8-5-4-6-9-15/h4-6,8-9,16-17H,7,10-12H2,1-3H3/t16-,17+/m0/s1. The van der Waals surface area contributed by atoms with Crippen LogP contribution in [-0.4, -0.2) is 45.8 Å². The molecule has 0 bridgehead atoms. The van der Waals surface area contributed by atoms with Gasteiger partial charge in [0.05, 0.1) is 6.04 Å². The maximum atomic E-state index is 13.0. The van der Waals surface area contributed by atoms with Gasteiger partial charge in [-0.15, -0.1) is 0 Å². The van der Waals surface area contributed by atoms with Gasteiger partial charge in [0.15, 0.2) is 6.10 Å². The van der Waals surface area contributed by atoms with Crippen molar-refractivity contribution in [2.75, 3.05) is 20.2 Å². The van der Waals surface area contributed by atoms with Crippen molar-refractivity contribution < 1.29 is 9.53 Å². The van der Waals surface area contributed by atoms with Crippen LogP contribution in [0.25, 0.3) is 0 Å². The van der Waals surface area contributed by atoms with Gasteiger partial charge in [-0.1, -0.05) is 30.3 Å². The van der Waals surface area contributed by atoms with Crippen molar-refractivity contribution >= 4 is 5.91 Å². The topological polar surface area (TPSA) is 60.2 Å². The van der Waals surface area contributed by atoms with Crippen LogP contribution >= 0.6 is 0 Å². The molecule has 6 heteroatoms. The number of aromatic nitrogens is 3. The average molecular weight is 328 g/mol. The van der Waals surface area contributed by atoms with Crippen LogP contribution in [0, 0.1) is 13.8 Å². The Bertz CT molecular complexity index is 698. The van der Waals surface area contributed by atoms with Crippen molar-refractivity contribution in [1.29, 1.82) is 0 Å². The van der Waals surface area contributed by atoms with E-state index in [9.17, 15) is 4.79 Å². The molecule has 1 amide bonds. The van der Waals surface area contributed by atoms with Crippen LogP contribution in [0.1, 0.15) is 42.2 Å². The van der Waals surface area contributed by atoms with E-state index in [4.69, 9.17) is 4.74 Å². The van der Waals surface area contributed by atoms with Crippen molar-refractivity contribution in [3.05, 3.63) is 47.5 Å². The molecule has 0 aliphatic carbocycles. The second-order valence-corrected chi connectivity index (χ2v) is 6.26. The zero-order chi connectivity index (χ0) is 17.1. The zero-order valence-corrected chi connectivity index (χ0v) is 14.5. The maximum Gasteiger partial charge on any atom is 0.256 e. The van der Waals surface area contributed by atoms with Crippen molar-refractivity contribution in [2.45, 2.75) is 38.8 Å². The fourth-order valence-electron chi connectivity index (χ4n) is 3.41. The van der Waals surface area contributed by atoms with Gasteiger partial charge in [-0.05, 0) is 32.3 Å². The number of carbonyl (C=O) groups is 1. The predicted octanol–water partition coefficient (Wildman–Crippen LogP) is 2.45. The quantitative estimate of drug-likeness (QED) is 0.865. The third-order valence-electron chi connectivity index (χ3n) is 4.52. The van der Waals surface area contributed by atoms with Crippen LogP contribution in [0.15, 0.2) is 30.3 Å². The lowest BCUT2D eigenvalue weighted by molar-refractivity contribution is -0.144. The van der Waals surface area contributed by atoms with Gasteiger partial charge in [0, 0.05) is 20.2 Å². The zero-order valence-electron chi connectivity index (χ0n) is 14.5. The second-order valence-electron chi connectivity index (χ2n) is 6.26. The molecule has 128 valence electrons. The molecule has 0 spiro atoms. The smallest absolute Gasteiger partial charge is 0.256 e. The predicted molar refractivity (Wildman–Crippen MR) is 90.5 cm³/mol. The van der Waals surface area contributed by atoms with E-state index >= 15 is 0 Å². The normalized spacial score (nSPS) is 19.3. The minimum absolute atomic E-state index is 0.0166. The summed E-state index contributed by atoms with van der Waals surface area (Å²) in [5, 5.41) is 4.49. The van der Waals surface area contributed by atoms with Gasteiger partial charge < -0.3 is 9.64 Å². The number of benzene rings is 1. The molecule has 2 heterocycles. The molecule has 6 nitrogen and oxygen atoms in total. The van der Waals surface area contributed by atoms with E-state index < -0.39 is 6.10 Å². The number of methoxy groups -OCH3 is 1. The van der Waals surface area contributed by atoms with Crippen LogP contribution in [0.5, 0.6) is 0 Å². The summed E-state index contributed by atoms with van der Waals surface area (Å²) in [6, 6.07) is 9.83. The fraction of sp³-hybridized carbons (Fsp3) is 0.500. The highest BCUT2D eigenvalue weighted by molar-refractivity contribution is 5.82. The number of carbonyl (C=O) groups excluding carboxylic acids is 1. The Kier molecular flexibility index (Phi) is 4.94. The monoisotopic (exact) mass is 328 g/mol. The maximum absolute atomic E-state index is 13.0. The first kappa shape index (κ1) is 16.6. The minimum atomic E-state index is -0.552. The number of piperidine rings is 1. The Balaban J connectivity index is 1.76. The molecule has 2 atom stereocenters. The van der Waals surface area contributed by atoms with Gasteiger partial charge in [-0.3, -0.25) is 4.79 Å². The highest BCUT2D eigenvalue weighted by Gasteiger charge is 2.31. The van der Waals surface area contributed by atoms with Crippen molar-refractivity contribution in [1.82, 2.24) is 19.7 Å². The summed E-state index contributed by atoms with van der Waals surface area (Å²) in [7, 11) is 1.59. The summed E-state index contributed by atoms with van der Waals surface area (Å²) in [6.07, 6.45) is 1.42. The number of amides is 1. The number of hydrogen-bond acceptors (Lipinski definition) is 4. The summed E-state index contributed by atoms with van der Waals surface area (Å²) in [6.45, 7) is 5.26. The molecule has 0 N–H and O–H groups in total. The van der Waals surface area contributed by atoms with Crippen molar-refractivity contribution in [3.63, 3.8) is 0 Å². The minimum Gasteiger partial charge on any atom is -0.367 e. The SMILES string of the molecule is CO[C@@H](C(=O)N1CCC[C@H](n2nc(C)nc2C)C1)c1ccccc1. The second kappa shape index (κ2) is 7.13. The van der Waals surface area contributed by atoms with Crippen LogP contribution in [-0.2, 0) is 9.53 Å². The highest BCUT2D eigenvalue weighted by atomic mass is 16.5. The molecule has 3 rings (SSSR count). The van der Waals surface area contributed by atoms with Gasteiger partial charge in [0.25, 0.3) is 5.91 Å². The molecule has 1 aliphatic rings. The number of likely N-dealkylation sites (tertiary alicyclic amines) is 1. The molecular formula is C18H24N4O2. The van der Waals surface area contributed by atoms with E-state index in [1.165, 1.54) is 0 Å². The molecule has 1 aliphatic heterocycles. The number of hydrogen-bond donors (Lipinski definition) is 0. The molecule has 1 saturated heterocycles. The van der Waals surface area contributed by atoms with E-state index in [-0.39, 0.29) is 11.9 Å². The third-order valence-corrected chi connectivity index (χ3v) is 4.52. The molecule has 0 saturated carbocycles. The lowest BCUT2D eigenvalue weighted by atomic mass is 10.0. The number of nitrogens with zero attached hydrogens (tertiary/aromatic N) is 4. The first-order chi connectivity index (χ1) is 11.6. The summed E-state index contributed by atoms with van der Waals surface area (Å²) in [4.78, 5) is 19.2. The third kappa shape index (κ3) is 3.33. The van der Waals surface area contributed by atoms with Crippen molar-refractivity contribution in [2.24, 2.45) is 0 Å². The molecule has 2 aromatic rings. The van der Waals surface area contributed by atoms with Crippen LogP contribution in [0.4, 0.5) is 0 Å². The summed E-state index contributed by atoms with van der Waals surface area (Å²) in [5.41, 5.74) is 0.889. The molecular weight excluding hydrogens is 304 g/mol. The first-order valence-electron chi connectivity index (χ1n) is 8.36. The summed E-state index contributed by atoms with van der Waals surface area (Å²) in [5.74, 6) is 1.69. The Morgan fingerprint density at radius 2 is 2.04 bits per heavy atom. The van der Waals surface area contributed by atoms with Gasteiger partial charge in [0.2, 0.25) is 0 Å². The van der Waals surface area contributed by atoms with Crippen LogP contribution in [0.2, 0.25) is 0 Å². The first-order valence-corrected chi connectivity index (χ1v) is 8.36. The molecule has 1 aromatic heterocycles. The Labute approximate surface area is 142 Å². The highest BCUT2D eigenvalue weighted by Crippen LogP contribution is 2.26. The van der Waals surface area contributed by atoms with E-state index in [1.54, 1.807) is 7.11 Å². The van der Waals surface area contributed by atoms with E-state index in [1.807, 2.05) is 53.8 Å². The van der Waals surface area contributed by atoms with Crippen LogP contribution < -0.4 is 0 Å². The Morgan fingerprint density at radius 1 is 1.29 bits per heavy atom. The van der Waals surface area contributed by atoms with E-state index in [2.05, 4.69) is 10.1 Å². The van der Waals surface area contributed by atoms with Gasteiger partial charge in [-0.25, -0.2) is 9.67 Å².